The Morgan fingerprint density at radius 1 is 1.37 bits per heavy atom. The number of carbonyl (C=O) groups excluding carboxylic acids is 1. The Hall–Kier alpha value is -2.29. The monoisotopic (exact) mass is 266 g/mol. The molecule has 0 saturated heterocycles. The average molecular weight is 266 g/mol. The molecular weight excluding hydrogens is 257 g/mol. The van der Waals surface area contributed by atoms with Crippen LogP contribution in [-0.4, -0.2) is 11.9 Å². The van der Waals surface area contributed by atoms with Gasteiger partial charge in [-0.3, -0.25) is 4.79 Å². The summed E-state index contributed by atoms with van der Waals surface area (Å²) in [5.41, 5.74) is -1.35. The van der Waals surface area contributed by atoms with Gasteiger partial charge < -0.3 is 4.90 Å². The Bertz CT molecular complexity index is 599. The summed E-state index contributed by atoms with van der Waals surface area (Å²) >= 11 is 0. The summed E-state index contributed by atoms with van der Waals surface area (Å²) in [5, 5.41) is 8.70. The molecule has 1 heterocycles. The lowest BCUT2D eigenvalue weighted by Gasteiger charge is -2.23. The standard InChI is InChI=1S/C13H9F3N2O/c1-8-2-5-12(19)18(8)10-4-3-9(7-17)11(6-10)13(14,15)16/h2-6,8H,1H3. The smallest absolute Gasteiger partial charge is 0.302 e. The lowest BCUT2D eigenvalue weighted by Crippen LogP contribution is -2.31. The topological polar surface area (TPSA) is 44.1 Å². The maximum atomic E-state index is 12.8. The van der Waals surface area contributed by atoms with E-state index in [1.807, 2.05) is 0 Å². The number of halogens is 3. The van der Waals surface area contributed by atoms with Crippen LogP contribution in [0, 0.1) is 11.3 Å². The Morgan fingerprint density at radius 3 is 2.53 bits per heavy atom. The number of anilines is 1. The lowest BCUT2D eigenvalue weighted by atomic mass is 10.1. The predicted molar refractivity (Wildman–Crippen MR) is 62.2 cm³/mol. The summed E-state index contributed by atoms with van der Waals surface area (Å²) in [6.45, 7) is 1.70. The van der Waals surface area contributed by atoms with Crippen LogP contribution in [0.15, 0.2) is 30.4 Å². The Morgan fingerprint density at radius 2 is 2.05 bits per heavy atom. The molecule has 6 heteroatoms. The van der Waals surface area contributed by atoms with Gasteiger partial charge in [-0.2, -0.15) is 18.4 Å². The molecule has 1 amide bonds. The molecule has 19 heavy (non-hydrogen) atoms. The van der Waals surface area contributed by atoms with Crippen LogP contribution in [0.5, 0.6) is 0 Å². The number of nitrogens with zero attached hydrogens (tertiary/aromatic N) is 2. The van der Waals surface area contributed by atoms with E-state index in [2.05, 4.69) is 0 Å². The fourth-order valence-corrected chi connectivity index (χ4v) is 1.97. The Balaban J connectivity index is 2.51. The van der Waals surface area contributed by atoms with E-state index in [0.717, 1.165) is 12.1 Å². The van der Waals surface area contributed by atoms with Gasteiger partial charge in [0.15, 0.2) is 0 Å². The highest BCUT2D eigenvalue weighted by Gasteiger charge is 2.35. The molecule has 1 atom stereocenters. The normalized spacial score (nSPS) is 18.8. The van der Waals surface area contributed by atoms with E-state index in [0.29, 0.717) is 0 Å². The first kappa shape index (κ1) is 13.1. The molecule has 0 aliphatic carbocycles. The first-order valence-corrected chi connectivity index (χ1v) is 5.47. The number of carbonyl (C=O) groups is 1. The molecule has 98 valence electrons. The van der Waals surface area contributed by atoms with Gasteiger partial charge in [0.2, 0.25) is 0 Å². The number of rotatable bonds is 1. The molecule has 0 spiro atoms. The van der Waals surface area contributed by atoms with Crippen molar-refractivity contribution in [2.75, 3.05) is 4.90 Å². The molecule has 0 saturated carbocycles. The summed E-state index contributed by atoms with van der Waals surface area (Å²) < 4.78 is 38.5. The Kier molecular flexibility index (Phi) is 3.06. The van der Waals surface area contributed by atoms with Gasteiger partial charge in [0.1, 0.15) is 0 Å². The number of hydrogen-bond acceptors (Lipinski definition) is 2. The second-order valence-electron chi connectivity index (χ2n) is 4.15. The van der Waals surface area contributed by atoms with Crippen molar-refractivity contribution < 1.29 is 18.0 Å². The summed E-state index contributed by atoms with van der Waals surface area (Å²) in [6, 6.07) is 4.45. The van der Waals surface area contributed by atoms with Crippen molar-refractivity contribution in [3.8, 4) is 6.07 Å². The minimum atomic E-state index is -4.62. The predicted octanol–water partition coefficient (Wildman–Crippen LogP) is 2.87. The van der Waals surface area contributed by atoms with Crippen molar-refractivity contribution in [1.82, 2.24) is 0 Å². The molecule has 1 aliphatic heterocycles. The van der Waals surface area contributed by atoms with Crippen LogP contribution in [0.2, 0.25) is 0 Å². The van der Waals surface area contributed by atoms with Gasteiger partial charge in [-0.15, -0.1) is 0 Å². The summed E-state index contributed by atoms with van der Waals surface area (Å²) in [5.74, 6) is -0.370. The largest absolute Gasteiger partial charge is 0.417 e. The third-order valence-corrected chi connectivity index (χ3v) is 2.87. The highest BCUT2D eigenvalue weighted by atomic mass is 19.4. The molecule has 0 bridgehead atoms. The van der Waals surface area contributed by atoms with Crippen molar-refractivity contribution in [2.24, 2.45) is 0 Å². The summed E-state index contributed by atoms with van der Waals surface area (Å²) in [4.78, 5) is 12.8. The molecule has 1 aliphatic rings. The molecular formula is C13H9F3N2O. The first-order chi connectivity index (χ1) is 8.84. The van der Waals surface area contributed by atoms with Crippen LogP contribution in [-0.2, 0) is 11.0 Å². The Labute approximate surface area is 107 Å². The second kappa shape index (κ2) is 4.43. The van der Waals surface area contributed by atoms with E-state index < -0.39 is 17.3 Å². The van der Waals surface area contributed by atoms with E-state index in [4.69, 9.17) is 5.26 Å². The van der Waals surface area contributed by atoms with Crippen LogP contribution in [0.3, 0.4) is 0 Å². The zero-order valence-corrected chi connectivity index (χ0v) is 9.90. The van der Waals surface area contributed by atoms with Gasteiger partial charge in [0.05, 0.1) is 23.2 Å². The van der Waals surface area contributed by atoms with E-state index in [1.54, 1.807) is 13.0 Å². The third kappa shape index (κ3) is 2.32. The van der Waals surface area contributed by atoms with Gasteiger partial charge in [0.25, 0.3) is 5.91 Å². The van der Waals surface area contributed by atoms with E-state index in [1.165, 1.54) is 23.1 Å². The zero-order valence-electron chi connectivity index (χ0n) is 9.90. The number of amides is 1. The highest BCUT2D eigenvalue weighted by Crippen LogP contribution is 2.35. The van der Waals surface area contributed by atoms with Gasteiger partial charge in [-0.1, -0.05) is 6.08 Å². The van der Waals surface area contributed by atoms with Crippen molar-refractivity contribution in [2.45, 2.75) is 19.1 Å². The van der Waals surface area contributed by atoms with Crippen molar-refractivity contribution in [3.05, 3.63) is 41.5 Å². The van der Waals surface area contributed by atoms with Crippen molar-refractivity contribution >= 4 is 11.6 Å². The molecule has 0 fully saturated rings. The molecule has 1 aromatic rings. The molecule has 3 nitrogen and oxygen atoms in total. The van der Waals surface area contributed by atoms with E-state index in [9.17, 15) is 18.0 Å². The van der Waals surface area contributed by atoms with Crippen LogP contribution in [0.4, 0.5) is 18.9 Å². The number of alkyl halides is 3. The zero-order chi connectivity index (χ0) is 14.2. The molecule has 2 rings (SSSR count). The highest BCUT2D eigenvalue weighted by molar-refractivity contribution is 6.04. The lowest BCUT2D eigenvalue weighted by molar-refractivity contribution is -0.137. The minimum Gasteiger partial charge on any atom is -0.302 e. The van der Waals surface area contributed by atoms with Crippen LogP contribution in [0.25, 0.3) is 0 Å². The van der Waals surface area contributed by atoms with Crippen molar-refractivity contribution in [1.29, 1.82) is 5.26 Å². The molecule has 0 aromatic heterocycles. The van der Waals surface area contributed by atoms with Crippen LogP contribution < -0.4 is 4.90 Å². The first-order valence-electron chi connectivity index (χ1n) is 5.47. The number of benzene rings is 1. The van der Waals surface area contributed by atoms with E-state index >= 15 is 0 Å². The fourth-order valence-electron chi connectivity index (χ4n) is 1.97. The maximum absolute atomic E-state index is 12.8. The summed E-state index contributed by atoms with van der Waals surface area (Å²) in [6.07, 6.45) is -1.70. The van der Waals surface area contributed by atoms with Crippen LogP contribution >= 0.6 is 0 Å². The average Bonchev–Trinajstić information content (AvgIpc) is 2.67. The minimum absolute atomic E-state index is 0.133. The number of hydrogen-bond donors (Lipinski definition) is 0. The third-order valence-electron chi connectivity index (χ3n) is 2.87. The SMILES string of the molecule is CC1C=CC(=O)N1c1ccc(C#N)c(C(F)(F)F)c1. The molecule has 0 radical (unpaired) electrons. The van der Waals surface area contributed by atoms with E-state index in [-0.39, 0.29) is 17.6 Å². The van der Waals surface area contributed by atoms with Crippen molar-refractivity contribution in [3.63, 3.8) is 0 Å². The maximum Gasteiger partial charge on any atom is 0.417 e. The number of nitriles is 1. The van der Waals surface area contributed by atoms with Gasteiger partial charge in [-0.05, 0) is 25.1 Å². The van der Waals surface area contributed by atoms with Gasteiger partial charge >= 0.3 is 6.18 Å². The fraction of sp³-hybridized carbons (Fsp3) is 0.231. The second-order valence-corrected chi connectivity index (χ2v) is 4.15. The molecule has 1 aromatic carbocycles. The van der Waals surface area contributed by atoms with Crippen LogP contribution in [0.1, 0.15) is 18.1 Å². The van der Waals surface area contributed by atoms with Gasteiger partial charge in [0, 0.05) is 11.8 Å². The molecule has 0 N–H and O–H groups in total. The quantitative estimate of drug-likeness (QED) is 0.784. The summed E-state index contributed by atoms with van der Waals surface area (Å²) in [7, 11) is 0. The molecule has 1 unspecified atom stereocenters. The van der Waals surface area contributed by atoms with Gasteiger partial charge in [-0.25, -0.2) is 0 Å².